The topological polar surface area (TPSA) is 35.6 Å². The molecule has 1 unspecified atom stereocenters. The van der Waals surface area contributed by atoms with Gasteiger partial charge in [-0.25, -0.2) is 0 Å². The molecule has 1 N–H and O–H groups in total. The molecule has 0 radical (unpaired) electrons. The van der Waals surface area contributed by atoms with Gasteiger partial charge in [0.2, 0.25) is 5.91 Å². The second-order valence-corrected chi connectivity index (χ2v) is 6.74. The van der Waals surface area contributed by atoms with Gasteiger partial charge in [0, 0.05) is 25.7 Å². The third-order valence-corrected chi connectivity index (χ3v) is 5.20. The van der Waals surface area contributed by atoms with Gasteiger partial charge >= 0.3 is 0 Å². The van der Waals surface area contributed by atoms with Crippen molar-refractivity contribution >= 4 is 18.3 Å². The van der Waals surface area contributed by atoms with E-state index < -0.39 is 0 Å². The lowest BCUT2D eigenvalue weighted by Gasteiger charge is -2.35. The summed E-state index contributed by atoms with van der Waals surface area (Å²) in [7, 11) is 4.00. The maximum absolute atomic E-state index is 12.5. The van der Waals surface area contributed by atoms with Gasteiger partial charge in [0.15, 0.2) is 0 Å². The summed E-state index contributed by atoms with van der Waals surface area (Å²) in [5.74, 6) is 1.15. The Morgan fingerprint density at radius 2 is 1.90 bits per heavy atom. The second-order valence-electron chi connectivity index (χ2n) is 6.74. The Kier molecular flexibility index (Phi) is 7.99. The predicted octanol–water partition coefficient (Wildman–Crippen LogP) is 2.13. The largest absolute Gasteiger partial charge is 0.342 e. The van der Waals surface area contributed by atoms with Crippen LogP contribution in [0.25, 0.3) is 0 Å². The maximum atomic E-state index is 12.5. The SMILES string of the molecule is CNCC1CCCN1CC(=O)N(C)C1CCC(C)CC1.Cl. The summed E-state index contributed by atoms with van der Waals surface area (Å²) in [6, 6.07) is 1.02. The molecule has 0 spiro atoms. The fourth-order valence-corrected chi connectivity index (χ4v) is 3.69. The number of likely N-dealkylation sites (N-methyl/N-ethyl adjacent to an activating group) is 2. The molecule has 124 valence electrons. The molecule has 0 aromatic heterocycles. The van der Waals surface area contributed by atoms with E-state index in [1.54, 1.807) is 0 Å². The lowest BCUT2D eigenvalue weighted by atomic mass is 9.87. The van der Waals surface area contributed by atoms with Gasteiger partial charge in [-0.2, -0.15) is 0 Å². The fourth-order valence-electron chi connectivity index (χ4n) is 3.69. The number of hydrogen-bond donors (Lipinski definition) is 1. The number of hydrogen-bond acceptors (Lipinski definition) is 3. The monoisotopic (exact) mass is 317 g/mol. The highest BCUT2D eigenvalue weighted by Gasteiger charge is 2.29. The summed E-state index contributed by atoms with van der Waals surface area (Å²) in [5.41, 5.74) is 0. The number of likely N-dealkylation sites (tertiary alicyclic amines) is 1. The molecule has 1 amide bonds. The van der Waals surface area contributed by atoms with E-state index in [1.807, 2.05) is 19.0 Å². The van der Waals surface area contributed by atoms with E-state index >= 15 is 0 Å². The van der Waals surface area contributed by atoms with Gasteiger partial charge < -0.3 is 10.2 Å². The second kappa shape index (κ2) is 8.96. The van der Waals surface area contributed by atoms with E-state index in [1.165, 1.54) is 38.5 Å². The lowest BCUT2D eigenvalue weighted by molar-refractivity contribution is -0.134. The van der Waals surface area contributed by atoms with Crippen molar-refractivity contribution in [3.8, 4) is 0 Å². The summed E-state index contributed by atoms with van der Waals surface area (Å²) in [5, 5.41) is 3.24. The summed E-state index contributed by atoms with van der Waals surface area (Å²) >= 11 is 0. The van der Waals surface area contributed by atoms with Crippen molar-refractivity contribution < 1.29 is 4.79 Å². The van der Waals surface area contributed by atoms with Crippen molar-refractivity contribution in [2.75, 3.05) is 33.7 Å². The van der Waals surface area contributed by atoms with Crippen molar-refractivity contribution in [3.05, 3.63) is 0 Å². The van der Waals surface area contributed by atoms with Crippen LogP contribution in [0.3, 0.4) is 0 Å². The van der Waals surface area contributed by atoms with Gasteiger partial charge in [0.1, 0.15) is 0 Å². The number of carbonyl (C=O) groups is 1. The highest BCUT2D eigenvalue weighted by Crippen LogP contribution is 2.26. The zero-order valence-electron chi connectivity index (χ0n) is 13.8. The van der Waals surface area contributed by atoms with Crippen LogP contribution < -0.4 is 5.32 Å². The smallest absolute Gasteiger partial charge is 0.236 e. The quantitative estimate of drug-likeness (QED) is 0.844. The Hall–Kier alpha value is -0.320. The third-order valence-electron chi connectivity index (χ3n) is 5.20. The molecule has 2 aliphatic rings. The summed E-state index contributed by atoms with van der Waals surface area (Å²) in [6.45, 7) is 5.01. The van der Waals surface area contributed by atoms with Gasteiger partial charge in [-0.15, -0.1) is 12.4 Å². The molecule has 2 rings (SSSR count). The molecule has 1 atom stereocenters. The Balaban J connectivity index is 0.00000220. The van der Waals surface area contributed by atoms with Crippen LogP contribution in [0.15, 0.2) is 0 Å². The first-order valence-corrected chi connectivity index (χ1v) is 8.26. The molecule has 1 aliphatic carbocycles. The molecule has 1 aliphatic heterocycles. The van der Waals surface area contributed by atoms with Crippen LogP contribution in [0.1, 0.15) is 45.4 Å². The van der Waals surface area contributed by atoms with Gasteiger partial charge in [-0.1, -0.05) is 6.92 Å². The van der Waals surface area contributed by atoms with Crippen LogP contribution in [-0.2, 0) is 4.79 Å². The minimum Gasteiger partial charge on any atom is -0.342 e. The number of nitrogens with zero attached hydrogens (tertiary/aromatic N) is 2. The number of amides is 1. The van der Waals surface area contributed by atoms with Crippen LogP contribution in [0, 0.1) is 5.92 Å². The highest BCUT2D eigenvalue weighted by atomic mass is 35.5. The normalized spacial score (nSPS) is 30.0. The zero-order valence-corrected chi connectivity index (χ0v) is 14.6. The summed E-state index contributed by atoms with van der Waals surface area (Å²) in [4.78, 5) is 16.9. The first-order chi connectivity index (χ1) is 9.61. The molecule has 2 fully saturated rings. The van der Waals surface area contributed by atoms with Crippen molar-refractivity contribution in [1.82, 2.24) is 15.1 Å². The molecule has 4 nitrogen and oxygen atoms in total. The number of rotatable bonds is 5. The first kappa shape index (κ1) is 18.7. The molecule has 21 heavy (non-hydrogen) atoms. The minimum absolute atomic E-state index is 0. The number of nitrogens with one attached hydrogen (secondary N) is 1. The van der Waals surface area contributed by atoms with E-state index in [0.29, 0.717) is 24.5 Å². The van der Waals surface area contributed by atoms with E-state index in [2.05, 4.69) is 17.1 Å². The molecular weight excluding hydrogens is 286 g/mol. The Morgan fingerprint density at radius 1 is 1.24 bits per heavy atom. The molecule has 1 heterocycles. The summed E-state index contributed by atoms with van der Waals surface area (Å²) in [6.07, 6.45) is 7.36. The van der Waals surface area contributed by atoms with Crippen molar-refractivity contribution in [3.63, 3.8) is 0 Å². The molecule has 0 aromatic carbocycles. The first-order valence-electron chi connectivity index (χ1n) is 8.26. The average molecular weight is 318 g/mol. The molecular formula is C16H32ClN3O. The van der Waals surface area contributed by atoms with Crippen molar-refractivity contribution in [2.45, 2.75) is 57.5 Å². The Morgan fingerprint density at radius 3 is 2.52 bits per heavy atom. The van der Waals surface area contributed by atoms with Gasteiger partial charge in [-0.3, -0.25) is 9.69 Å². The van der Waals surface area contributed by atoms with Gasteiger partial charge in [-0.05, 0) is 58.0 Å². The van der Waals surface area contributed by atoms with E-state index in [-0.39, 0.29) is 12.4 Å². The third kappa shape index (κ3) is 5.11. The maximum Gasteiger partial charge on any atom is 0.236 e. The predicted molar refractivity (Wildman–Crippen MR) is 90.0 cm³/mol. The van der Waals surface area contributed by atoms with Crippen LogP contribution in [0.5, 0.6) is 0 Å². The van der Waals surface area contributed by atoms with Gasteiger partial charge in [0.05, 0.1) is 6.54 Å². The van der Waals surface area contributed by atoms with Gasteiger partial charge in [0.25, 0.3) is 0 Å². The van der Waals surface area contributed by atoms with E-state index in [4.69, 9.17) is 0 Å². The molecule has 1 saturated heterocycles. The molecule has 0 aromatic rings. The Bertz CT molecular complexity index is 319. The van der Waals surface area contributed by atoms with Crippen LogP contribution in [0.4, 0.5) is 0 Å². The fraction of sp³-hybridized carbons (Fsp3) is 0.938. The Labute approximate surface area is 136 Å². The molecule has 5 heteroatoms. The average Bonchev–Trinajstić information content (AvgIpc) is 2.86. The molecule has 0 bridgehead atoms. The standard InChI is InChI=1S/C16H31N3O.ClH/c1-13-6-8-14(9-7-13)18(3)16(20)12-19-10-4-5-15(19)11-17-2;/h13-15,17H,4-12H2,1-3H3;1H. The van der Waals surface area contributed by atoms with Crippen molar-refractivity contribution in [2.24, 2.45) is 5.92 Å². The number of carbonyl (C=O) groups excluding carboxylic acids is 1. The highest BCUT2D eigenvalue weighted by molar-refractivity contribution is 5.85. The number of halogens is 1. The van der Waals surface area contributed by atoms with E-state index in [9.17, 15) is 4.79 Å². The molecule has 1 saturated carbocycles. The minimum atomic E-state index is 0. The summed E-state index contributed by atoms with van der Waals surface area (Å²) < 4.78 is 0. The van der Waals surface area contributed by atoms with Crippen molar-refractivity contribution in [1.29, 1.82) is 0 Å². The lowest BCUT2D eigenvalue weighted by Crippen LogP contribution is -2.47. The van der Waals surface area contributed by atoms with E-state index in [0.717, 1.165) is 19.0 Å². The zero-order chi connectivity index (χ0) is 14.5. The van der Waals surface area contributed by atoms with Crippen LogP contribution in [0.2, 0.25) is 0 Å². The van der Waals surface area contributed by atoms with Crippen LogP contribution in [-0.4, -0.2) is 61.5 Å². The van der Waals surface area contributed by atoms with Crippen LogP contribution >= 0.6 is 12.4 Å².